The van der Waals surface area contributed by atoms with Crippen LogP contribution in [0.3, 0.4) is 0 Å². The molecule has 10 heteroatoms. The van der Waals surface area contributed by atoms with Crippen molar-refractivity contribution in [1.29, 1.82) is 0 Å². The lowest BCUT2D eigenvalue weighted by Gasteiger charge is -2.53. The Morgan fingerprint density at radius 2 is 1.83 bits per heavy atom. The fourth-order valence-corrected chi connectivity index (χ4v) is 4.54. The van der Waals surface area contributed by atoms with Gasteiger partial charge < -0.3 is 25.2 Å². The van der Waals surface area contributed by atoms with Crippen molar-refractivity contribution < 1.29 is 9.53 Å². The summed E-state index contributed by atoms with van der Waals surface area (Å²) in [6.07, 6.45) is 4.28. The zero-order chi connectivity index (χ0) is 20.9. The van der Waals surface area contributed by atoms with Crippen molar-refractivity contribution in [3.63, 3.8) is 0 Å². The van der Waals surface area contributed by atoms with Gasteiger partial charge in [-0.25, -0.2) is 15.0 Å². The van der Waals surface area contributed by atoms with Crippen LogP contribution in [0, 0.1) is 0 Å². The Morgan fingerprint density at radius 1 is 1.13 bits per heavy atom. The number of nitrogens with two attached hydrogens (primary N) is 1. The third kappa shape index (κ3) is 3.11. The van der Waals surface area contributed by atoms with Gasteiger partial charge >= 0.3 is 0 Å². The molecule has 0 unspecified atom stereocenters. The highest BCUT2D eigenvalue weighted by Gasteiger charge is 2.48. The van der Waals surface area contributed by atoms with Crippen LogP contribution in [0.1, 0.15) is 19.4 Å². The second-order valence-corrected chi connectivity index (χ2v) is 8.38. The van der Waals surface area contributed by atoms with Crippen molar-refractivity contribution in [2.45, 2.75) is 25.8 Å². The predicted molar refractivity (Wildman–Crippen MR) is 112 cm³/mol. The average molecular weight is 410 g/mol. The summed E-state index contributed by atoms with van der Waals surface area (Å²) in [5.41, 5.74) is 8.36. The van der Waals surface area contributed by atoms with Crippen LogP contribution in [0.2, 0.25) is 0 Å². The van der Waals surface area contributed by atoms with Gasteiger partial charge in [0.05, 0.1) is 24.4 Å². The van der Waals surface area contributed by atoms with E-state index in [4.69, 9.17) is 20.4 Å². The maximum atomic E-state index is 11.7. The van der Waals surface area contributed by atoms with Crippen LogP contribution >= 0.6 is 0 Å². The van der Waals surface area contributed by atoms with Gasteiger partial charge in [0, 0.05) is 63.2 Å². The molecule has 0 aliphatic carbocycles. The van der Waals surface area contributed by atoms with Gasteiger partial charge in [-0.05, 0) is 13.3 Å². The molecule has 0 saturated carbocycles. The van der Waals surface area contributed by atoms with Crippen LogP contribution in [0.25, 0.3) is 11.3 Å². The summed E-state index contributed by atoms with van der Waals surface area (Å²) in [7, 11) is 0. The van der Waals surface area contributed by atoms with Crippen LogP contribution in [-0.4, -0.2) is 82.2 Å². The fourth-order valence-electron chi connectivity index (χ4n) is 4.54. The molecular weight excluding hydrogens is 384 g/mol. The molecule has 0 aromatic carbocycles. The largest absolute Gasteiger partial charge is 0.378 e. The summed E-state index contributed by atoms with van der Waals surface area (Å²) < 4.78 is 5.50. The maximum absolute atomic E-state index is 11.7. The first-order chi connectivity index (χ1) is 14.4. The van der Waals surface area contributed by atoms with E-state index in [0.717, 1.165) is 48.7 Å². The van der Waals surface area contributed by atoms with E-state index in [1.54, 1.807) is 19.3 Å². The Labute approximate surface area is 175 Å². The van der Waals surface area contributed by atoms with Crippen molar-refractivity contribution in [3.05, 3.63) is 18.0 Å². The molecule has 5 heterocycles. The molecule has 0 atom stereocenters. The molecule has 2 aromatic heterocycles. The van der Waals surface area contributed by atoms with Gasteiger partial charge in [0.1, 0.15) is 5.82 Å². The minimum absolute atomic E-state index is 0.114. The Kier molecular flexibility index (Phi) is 4.46. The highest BCUT2D eigenvalue weighted by atomic mass is 16.5. The number of fused-ring (bicyclic) bond motifs is 1. The number of carbonyl (C=O) groups is 1. The van der Waals surface area contributed by atoms with Crippen molar-refractivity contribution >= 4 is 23.6 Å². The number of nitrogen functional groups attached to an aromatic ring is 1. The molecule has 10 nitrogen and oxygen atoms in total. The number of hydrogen-bond acceptors (Lipinski definition) is 9. The predicted octanol–water partition coefficient (Wildman–Crippen LogP) is 0.336. The Hall–Kier alpha value is -3.01. The van der Waals surface area contributed by atoms with E-state index in [1.165, 1.54) is 0 Å². The van der Waals surface area contributed by atoms with E-state index < -0.39 is 0 Å². The van der Waals surface area contributed by atoms with E-state index in [1.807, 2.05) is 4.90 Å². The highest BCUT2D eigenvalue weighted by molar-refractivity contribution is 5.77. The van der Waals surface area contributed by atoms with E-state index >= 15 is 0 Å². The summed E-state index contributed by atoms with van der Waals surface area (Å²) in [5, 5.41) is 0. The number of rotatable bonds is 3. The minimum Gasteiger partial charge on any atom is -0.378 e. The van der Waals surface area contributed by atoms with Crippen molar-refractivity contribution in [3.8, 4) is 11.3 Å². The SMILES string of the molecule is CC(=O)N1CC(C)(N2CCc3c(-c4cnc(N)nc4)nc(N4CCOCC4)nc32)C1. The lowest BCUT2D eigenvalue weighted by Crippen LogP contribution is -2.69. The first-order valence-electron chi connectivity index (χ1n) is 10.3. The molecule has 0 spiro atoms. The normalized spacial score (nSPS) is 20.1. The second kappa shape index (κ2) is 7.05. The van der Waals surface area contributed by atoms with Gasteiger partial charge in [0.2, 0.25) is 17.8 Å². The molecule has 2 aromatic rings. The number of anilines is 3. The number of morpholine rings is 1. The molecule has 0 radical (unpaired) electrons. The van der Waals surface area contributed by atoms with Gasteiger partial charge in [-0.2, -0.15) is 4.98 Å². The molecule has 2 fully saturated rings. The molecule has 3 aliphatic rings. The van der Waals surface area contributed by atoms with Crippen LogP contribution in [0.5, 0.6) is 0 Å². The van der Waals surface area contributed by atoms with Gasteiger partial charge in [-0.1, -0.05) is 0 Å². The number of likely N-dealkylation sites (tertiary alicyclic amines) is 1. The third-order valence-corrected chi connectivity index (χ3v) is 6.21. The lowest BCUT2D eigenvalue weighted by molar-refractivity contribution is -0.135. The van der Waals surface area contributed by atoms with E-state index in [2.05, 4.69) is 26.7 Å². The first-order valence-corrected chi connectivity index (χ1v) is 10.3. The van der Waals surface area contributed by atoms with Gasteiger partial charge in [0.15, 0.2) is 0 Å². The minimum atomic E-state index is -0.123. The quantitative estimate of drug-likeness (QED) is 0.765. The second-order valence-electron chi connectivity index (χ2n) is 8.38. The number of hydrogen-bond donors (Lipinski definition) is 1. The summed E-state index contributed by atoms with van der Waals surface area (Å²) in [6, 6.07) is 0. The van der Waals surface area contributed by atoms with Crippen molar-refractivity contribution in [1.82, 2.24) is 24.8 Å². The summed E-state index contributed by atoms with van der Waals surface area (Å²) in [6.45, 7) is 8.92. The van der Waals surface area contributed by atoms with Crippen LogP contribution in [0.4, 0.5) is 17.7 Å². The van der Waals surface area contributed by atoms with Gasteiger partial charge in [-0.3, -0.25) is 4.79 Å². The molecule has 2 N–H and O–H groups in total. The summed E-state index contributed by atoms with van der Waals surface area (Å²) >= 11 is 0. The van der Waals surface area contributed by atoms with Crippen LogP contribution in [-0.2, 0) is 16.0 Å². The van der Waals surface area contributed by atoms with E-state index in [9.17, 15) is 4.79 Å². The number of aromatic nitrogens is 4. The average Bonchev–Trinajstić information content (AvgIpc) is 3.16. The molecular formula is C20H26N8O2. The van der Waals surface area contributed by atoms with Crippen molar-refractivity contribution in [2.75, 3.05) is 61.5 Å². The Bertz CT molecular complexity index is 968. The maximum Gasteiger partial charge on any atom is 0.228 e. The standard InChI is InChI=1S/C20H26N8O2/c1-13(29)27-11-20(2,12-27)28-4-3-15-16(14-9-22-18(21)23-10-14)24-19(25-17(15)28)26-5-7-30-8-6-26/h9-10H,3-8,11-12H2,1-2H3,(H2,21,22,23). The molecule has 1 amide bonds. The third-order valence-electron chi connectivity index (χ3n) is 6.21. The van der Waals surface area contributed by atoms with E-state index in [-0.39, 0.29) is 17.4 Å². The molecule has 3 aliphatic heterocycles. The van der Waals surface area contributed by atoms with Crippen molar-refractivity contribution in [2.24, 2.45) is 0 Å². The summed E-state index contributed by atoms with van der Waals surface area (Å²) in [5.74, 6) is 2.00. The smallest absolute Gasteiger partial charge is 0.228 e. The van der Waals surface area contributed by atoms with Crippen LogP contribution in [0.15, 0.2) is 12.4 Å². The fraction of sp³-hybridized carbons (Fsp3) is 0.550. The highest BCUT2D eigenvalue weighted by Crippen LogP contribution is 2.41. The topological polar surface area (TPSA) is 114 Å². The number of ether oxygens (including phenoxy) is 1. The van der Waals surface area contributed by atoms with Gasteiger partial charge in [-0.15, -0.1) is 0 Å². The lowest BCUT2D eigenvalue weighted by atomic mass is 9.90. The molecule has 2 saturated heterocycles. The molecule has 5 rings (SSSR count). The first kappa shape index (κ1) is 19.0. The number of carbonyl (C=O) groups excluding carboxylic acids is 1. The van der Waals surface area contributed by atoms with Crippen LogP contribution < -0.4 is 15.5 Å². The number of amides is 1. The Balaban J connectivity index is 1.56. The summed E-state index contributed by atoms with van der Waals surface area (Å²) in [4.78, 5) is 36.4. The Morgan fingerprint density at radius 3 is 2.50 bits per heavy atom. The molecule has 158 valence electrons. The monoisotopic (exact) mass is 410 g/mol. The van der Waals surface area contributed by atoms with E-state index in [0.29, 0.717) is 32.3 Å². The zero-order valence-electron chi connectivity index (χ0n) is 17.3. The number of nitrogens with zero attached hydrogens (tertiary/aromatic N) is 7. The molecule has 0 bridgehead atoms. The molecule has 30 heavy (non-hydrogen) atoms. The zero-order valence-corrected chi connectivity index (χ0v) is 17.3. The van der Waals surface area contributed by atoms with Gasteiger partial charge in [0.25, 0.3) is 0 Å².